The van der Waals surface area contributed by atoms with Gasteiger partial charge >= 0.3 is 0 Å². The van der Waals surface area contributed by atoms with E-state index in [9.17, 15) is 9.18 Å². The molecule has 1 fully saturated rings. The van der Waals surface area contributed by atoms with E-state index in [1.807, 2.05) is 0 Å². The molecule has 0 aromatic rings. The molecule has 1 amide bonds. The second-order valence-electron chi connectivity index (χ2n) is 4.46. The van der Waals surface area contributed by atoms with Gasteiger partial charge in [0.1, 0.15) is 0 Å². The first-order valence-corrected chi connectivity index (χ1v) is 4.91. The van der Waals surface area contributed by atoms with E-state index < -0.39 is 11.6 Å². The van der Waals surface area contributed by atoms with E-state index in [1.165, 1.54) is 13.8 Å². The second-order valence-corrected chi connectivity index (χ2v) is 4.46. The molecule has 0 bridgehead atoms. The number of amides is 1. The zero-order valence-corrected chi connectivity index (χ0v) is 8.56. The number of hydrogen-bond acceptors (Lipinski definition) is 1. The van der Waals surface area contributed by atoms with Gasteiger partial charge in [-0.3, -0.25) is 4.79 Å². The SMILES string of the molecule is CC1CCCC1NC(=O)C(C)(C)F. The summed E-state index contributed by atoms with van der Waals surface area (Å²) in [5, 5.41) is 2.75. The van der Waals surface area contributed by atoms with Crippen molar-refractivity contribution in [3.05, 3.63) is 0 Å². The van der Waals surface area contributed by atoms with E-state index in [-0.39, 0.29) is 6.04 Å². The van der Waals surface area contributed by atoms with Gasteiger partial charge in [0.2, 0.25) is 0 Å². The van der Waals surface area contributed by atoms with Crippen molar-refractivity contribution >= 4 is 5.91 Å². The number of halogens is 1. The van der Waals surface area contributed by atoms with E-state index in [4.69, 9.17) is 0 Å². The molecule has 2 nitrogen and oxygen atoms in total. The first-order valence-electron chi connectivity index (χ1n) is 4.91. The van der Waals surface area contributed by atoms with Crippen molar-refractivity contribution < 1.29 is 9.18 Å². The molecule has 0 saturated heterocycles. The Labute approximate surface area is 78.9 Å². The third-order valence-electron chi connectivity index (χ3n) is 2.72. The molecule has 1 N–H and O–H groups in total. The minimum atomic E-state index is -1.75. The molecule has 0 radical (unpaired) electrons. The van der Waals surface area contributed by atoms with Crippen LogP contribution < -0.4 is 5.32 Å². The van der Waals surface area contributed by atoms with Gasteiger partial charge in [-0.2, -0.15) is 0 Å². The first-order chi connectivity index (χ1) is 5.91. The van der Waals surface area contributed by atoms with Crippen molar-refractivity contribution in [1.29, 1.82) is 0 Å². The molecule has 1 aliphatic rings. The summed E-state index contributed by atoms with van der Waals surface area (Å²) < 4.78 is 13.2. The molecular weight excluding hydrogens is 169 g/mol. The first kappa shape index (κ1) is 10.5. The third kappa shape index (κ3) is 2.68. The summed E-state index contributed by atoms with van der Waals surface area (Å²) in [5.74, 6) is 0.0116. The lowest BCUT2D eigenvalue weighted by Crippen LogP contribution is -2.45. The van der Waals surface area contributed by atoms with E-state index >= 15 is 0 Å². The Morgan fingerprint density at radius 3 is 2.46 bits per heavy atom. The molecule has 0 aromatic carbocycles. The third-order valence-corrected chi connectivity index (χ3v) is 2.72. The van der Waals surface area contributed by atoms with E-state index in [2.05, 4.69) is 12.2 Å². The Bertz CT molecular complexity index is 198. The number of carbonyl (C=O) groups is 1. The predicted octanol–water partition coefficient (Wildman–Crippen LogP) is 2.04. The van der Waals surface area contributed by atoms with Crippen molar-refractivity contribution in [1.82, 2.24) is 5.32 Å². The van der Waals surface area contributed by atoms with Crippen molar-refractivity contribution in [3.8, 4) is 0 Å². The molecule has 1 saturated carbocycles. The van der Waals surface area contributed by atoms with Gasteiger partial charge in [0.15, 0.2) is 5.67 Å². The summed E-state index contributed by atoms with van der Waals surface area (Å²) in [6, 6.07) is 0.183. The molecule has 1 aliphatic carbocycles. The zero-order chi connectivity index (χ0) is 10.1. The lowest BCUT2D eigenvalue weighted by atomic mass is 10.0. The van der Waals surface area contributed by atoms with Crippen LogP contribution >= 0.6 is 0 Å². The van der Waals surface area contributed by atoms with Gasteiger partial charge in [0, 0.05) is 6.04 Å². The molecule has 2 atom stereocenters. The number of hydrogen-bond donors (Lipinski definition) is 1. The summed E-state index contributed by atoms with van der Waals surface area (Å²) in [6.07, 6.45) is 3.26. The fourth-order valence-electron chi connectivity index (χ4n) is 1.70. The summed E-state index contributed by atoms with van der Waals surface area (Å²) in [7, 11) is 0. The highest BCUT2D eigenvalue weighted by Gasteiger charge is 2.31. The fraction of sp³-hybridized carbons (Fsp3) is 0.900. The molecule has 2 unspecified atom stereocenters. The Balaban J connectivity index is 2.45. The highest BCUT2D eigenvalue weighted by molar-refractivity contribution is 5.84. The molecule has 0 heterocycles. The number of rotatable bonds is 2. The zero-order valence-electron chi connectivity index (χ0n) is 8.56. The van der Waals surface area contributed by atoms with Gasteiger partial charge in [-0.1, -0.05) is 13.3 Å². The van der Waals surface area contributed by atoms with Crippen LogP contribution in [0.4, 0.5) is 4.39 Å². The quantitative estimate of drug-likeness (QED) is 0.704. The maximum Gasteiger partial charge on any atom is 0.257 e. The minimum Gasteiger partial charge on any atom is -0.350 e. The van der Waals surface area contributed by atoms with Crippen LogP contribution in [0, 0.1) is 5.92 Å². The van der Waals surface area contributed by atoms with Crippen LogP contribution in [-0.2, 0) is 4.79 Å². The maximum atomic E-state index is 13.2. The standard InChI is InChI=1S/C10H18FNO/c1-7-5-4-6-8(7)12-9(13)10(2,3)11/h7-8H,4-6H2,1-3H3,(H,12,13). The predicted molar refractivity (Wildman–Crippen MR) is 50.1 cm³/mol. The molecule has 0 aromatic heterocycles. The van der Waals surface area contributed by atoms with Gasteiger partial charge in [-0.25, -0.2) is 4.39 Å². The van der Waals surface area contributed by atoms with Gasteiger partial charge in [0.25, 0.3) is 5.91 Å². The lowest BCUT2D eigenvalue weighted by molar-refractivity contribution is -0.131. The highest BCUT2D eigenvalue weighted by Crippen LogP contribution is 2.25. The monoisotopic (exact) mass is 187 g/mol. The second kappa shape index (κ2) is 3.64. The van der Waals surface area contributed by atoms with Crippen LogP contribution in [0.3, 0.4) is 0 Å². The minimum absolute atomic E-state index is 0.183. The lowest BCUT2D eigenvalue weighted by Gasteiger charge is -2.21. The highest BCUT2D eigenvalue weighted by atomic mass is 19.1. The Hall–Kier alpha value is -0.600. The van der Waals surface area contributed by atoms with E-state index in [0.717, 1.165) is 19.3 Å². The van der Waals surface area contributed by atoms with Gasteiger partial charge in [0.05, 0.1) is 0 Å². The van der Waals surface area contributed by atoms with Crippen molar-refractivity contribution in [2.75, 3.05) is 0 Å². The van der Waals surface area contributed by atoms with E-state index in [1.54, 1.807) is 0 Å². The van der Waals surface area contributed by atoms with Crippen molar-refractivity contribution in [2.45, 2.75) is 51.7 Å². The number of nitrogens with one attached hydrogen (secondary N) is 1. The van der Waals surface area contributed by atoms with Gasteiger partial charge in [-0.05, 0) is 32.6 Å². The molecular formula is C10H18FNO. The van der Waals surface area contributed by atoms with Crippen LogP contribution in [-0.4, -0.2) is 17.6 Å². The normalized spacial score (nSPS) is 28.9. The average Bonchev–Trinajstić information content (AvgIpc) is 2.34. The Kier molecular flexibility index (Phi) is 2.94. The molecule has 76 valence electrons. The number of carbonyl (C=O) groups excluding carboxylic acids is 1. The summed E-state index contributed by atoms with van der Waals surface area (Å²) in [5.41, 5.74) is -1.75. The Morgan fingerprint density at radius 1 is 1.46 bits per heavy atom. The summed E-state index contributed by atoms with van der Waals surface area (Å²) in [6.45, 7) is 4.69. The van der Waals surface area contributed by atoms with Crippen LogP contribution in [0.15, 0.2) is 0 Å². The van der Waals surface area contributed by atoms with Crippen molar-refractivity contribution in [3.63, 3.8) is 0 Å². The van der Waals surface area contributed by atoms with Gasteiger partial charge in [-0.15, -0.1) is 0 Å². The molecule has 3 heteroatoms. The maximum absolute atomic E-state index is 13.2. The summed E-state index contributed by atoms with van der Waals surface area (Å²) in [4.78, 5) is 11.3. The van der Waals surface area contributed by atoms with Crippen LogP contribution in [0.1, 0.15) is 40.0 Å². The molecule has 0 spiro atoms. The topological polar surface area (TPSA) is 29.1 Å². The largest absolute Gasteiger partial charge is 0.350 e. The average molecular weight is 187 g/mol. The molecule has 0 aliphatic heterocycles. The molecule has 1 rings (SSSR count). The Morgan fingerprint density at radius 2 is 2.08 bits per heavy atom. The van der Waals surface area contributed by atoms with Crippen LogP contribution in [0.2, 0.25) is 0 Å². The van der Waals surface area contributed by atoms with Gasteiger partial charge < -0.3 is 5.32 Å². The smallest absolute Gasteiger partial charge is 0.257 e. The number of alkyl halides is 1. The summed E-state index contributed by atoms with van der Waals surface area (Å²) >= 11 is 0. The molecule has 13 heavy (non-hydrogen) atoms. The van der Waals surface area contributed by atoms with Crippen molar-refractivity contribution in [2.24, 2.45) is 5.92 Å². The van der Waals surface area contributed by atoms with Crippen LogP contribution in [0.25, 0.3) is 0 Å². The van der Waals surface area contributed by atoms with E-state index in [0.29, 0.717) is 5.92 Å². The fourth-order valence-corrected chi connectivity index (χ4v) is 1.70. The van der Waals surface area contributed by atoms with Crippen LogP contribution in [0.5, 0.6) is 0 Å².